The van der Waals surface area contributed by atoms with Gasteiger partial charge in [-0.15, -0.1) is 0 Å². The van der Waals surface area contributed by atoms with Gasteiger partial charge in [0.1, 0.15) is 0 Å². The van der Waals surface area contributed by atoms with Gasteiger partial charge in [-0.2, -0.15) is 0 Å². The van der Waals surface area contributed by atoms with Gasteiger partial charge in [0, 0.05) is 13.1 Å². The van der Waals surface area contributed by atoms with Crippen LogP contribution in [0.4, 0.5) is 0 Å². The summed E-state index contributed by atoms with van der Waals surface area (Å²) in [6, 6.07) is 0. The van der Waals surface area contributed by atoms with E-state index in [4.69, 9.17) is 0 Å². The number of likely N-dealkylation sites (tertiary alicyclic amines) is 1. The van der Waals surface area contributed by atoms with Gasteiger partial charge in [-0.25, -0.2) is 0 Å². The van der Waals surface area contributed by atoms with Crippen molar-refractivity contribution >= 4 is 11.9 Å². The largest absolute Gasteiger partial charge is 0.481 e. The Balaban J connectivity index is 1.59. The van der Waals surface area contributed by atoms with Crippen molar-refractivity contribution in [1.29, 1.82) is 0 Å². The van der Waals surface area contributed by atoms with Crippen LogP contribution < -0.4 is 0 Å². The molecule has 1 heterocycles. The number of carbonyl (C=O) groups excluding carboxylic acids is 1. The first-order chi connectivity index (χ1) is 10.2. The normalized spacial score (nSPS) is 49.6. The molecule has 22 heavy (non-hydrogen) atoms. The number of amides is 1. The fourth-order valence-corrected chi connectivity index (χ4v) is 7.17. The Bertz CT molecular complexity index is 524. The first kappa shape index (κ1) is 14.5. The van der Waals surface area contributed by atoms with Gasteiger partial charge in [0.05, 0.1) is 11.3 Å². The Hall–Kier alpha value is -1.06. The summed E-state index contributed by atoms with van der Waals surface area (Å²) < 4.78 is 0. The summed E-state index contributed by atoms with van der Waals surface area (Å²) in [7, 11) is 0. The van der Waals surface area contributed by atoms with E-state index >= 15 is 0 Å². The number of nitrogens with zero attached hydrogens (tertiary/aromatic N) is 1. The van der Waals surface area contributed by atoms with Crippen LogP contribution in [0.15, 0.2) is 0 Å². The van der Waals surface area contributed by atoms with E-state index in [2.05, 4.69) is 13.8 Å². The standard InChI is InChI=1S/C18H27NO3/c1-16-5-12-6-17(2,9-16)11-18(7-12,10-16)15(22)19-4-3-13(8-19)14(20)21/h12-13H,3-11H2,1-2H3,(H,20,21). The molecule has 122 valence electrons. The molecule has 0 spiro atoms. The van der Waals surface area contributed by atoms with Gasteiger partial charge in [0.2, 0.25) is 5.91 Å². The highest BCUT2D eigenvalue weighted by Gasteiger charge is 2.63. The molecular formula is C18H27NO3. The van der Waals surface area contributed by atoms with Gasteiger partial charge in [-0.3, -0.25) is 9.59 Å². The molecule has 5 aliphatic rings. The van der Waals surface area contributed by atoms with Crippen LogP contribution in [0.5, 0.6) is 0 Å². The van der Waals surface area contributed by atoms with Crippen LogP contribution in [0.3, 0.4) is 0 Å². The molecule has 0 radical (unpaired) electrons. The van der Waals surface area contributed by atoms with E-state index in [0.29, 0.717) is 36.3 Å². The van der Waals surface area contributed by atoms with Gasteiger partial charge < -0.3 is 10.0 Å². The summed E-state index contributed by atoms with van der Waals surface area (Å²) in [4.78, 5) is 26.3. The average Bonchev–Trinajstić information content (AvgIpc) is 2.82. The van der Waals surface area contributed by atoms with Gasteiger partial charge in [0.25, 0.3) is 0 Å². The third-order valence-electron chi connectivity index (χ3n) is 6.90. The third-order valence-corrected chi connectivity index (χ3v) is 6.90. The van der Waals surface area contributed by atoms with E-state index in [1.54, 1.807) is 0 Å². The molecule has 4 heteroatoms. The first-order valence-electron chi connectivity index (χ1n) is 8.75. The van der Waals surface area contributed by atoms with Gasteiger partial charge >= 0.3 is 5.97 Å². The van der Waals surface area contributed by atoms with E-state index in [-0.39, 0.29) is 17.2 Å². The van der Waals surface area contributed by atoms with Crippen LogP contribution in [0.25, 0.3) is 0 Å². The summed E-state index contributed by atoms with van der Waals surface area (Å²) in [6.07, 6.45) is 7.56. The smallest absolute Gasteiger partial charge is 0.308 e. The topological polar surface area (TPSA) is 57.6 Å². The zero-order valence-corrected chi connectivity index (χ0v) is 13.7. The zero-order valence-electron chi connectivity index (χ0n) is 13.7. The molecule has 0 aromatic carbocycles. The number of carboxylic acids is 1. The number of rotatable bonds is 2. The molecule has 4 aliphatic carbocycles. The Labute approximate surface area is 132 Å². The lowest BCUT2D eigenvalue weighted by atomic mass is 9.40. The highest BCUT2D eigenvalue weighted by atomic mass is 16.4. The molecule has 1 amide bonds. The molecule has 5 rings (SSSR count). The minimum absolute atomic E-state index is 0.184. The quantitative estimate of drug-likeness (QED) is 0.853. The number of hydrogen-bond acceptors (Lipinski definition) is 2. The molecule has 5 fully saturated rings. The summed E-state index contributed by atoms with van der Waals surface area (Å²) in [5, 5.41) is 9.19. The molecule has 1 aliphatic heterocycles. The summed E-state index contributed by atoms with van der Waals surface area (Å²) >= 11 is 0. The maximum Gasteiger partial charge on any atom is 0.308 e. The Morgan fingerprint density at radius 2 is 1.68 bits per heavy atom. The Morgan fingerprint density at radius 1 is 1.05 bits per heavy atom. The molecule has 4 bridgehead atoms. The number of hydrogen-bond donors (Lipinski definition) is 1. The van der Waals surface area contributed by atoms with Crippen LogP contribution in [0, 0.1) is 28.1 Å². The van der Waals surface area contributed by atoms with E-state index < -0.39 is 5.97 Å². The molecule has 1 saturated heterocycles. The highest BCUT2D eigenvalue weighted by molar-refractivity contribution is 5.85. The Morgan fingerprint density at radius 3 is 2.18 bits per heavy atom. The lowest BCUT2D eigenvalue weighted by molar-refractivity contribution is -0.178. The Kier molecular flexibility index (Phi) is 2.82. The fraction of sp³-hybridized carbons (Fsp3) is 0.889. The molecule has 3 unspecified atom stereocenters. The van der Waals surface area contributed by atoms with Crippen molar-refractivity contribution < 1.29 is 14.7 Å². The van der Waals surface area contributed by atoms with E-state index in [9.17, 15) is 14.7 Å². The van der Waals surface area contributed by atoms with Crippen LogP contribution in [-0.4, -0.2) is 35.0 Å². The predicted octanol–water partition coefficient (Wildman–Crippen LogP) is 2.92. The average molecular weight is 305 g/mol. The maximum atomic E-state index is 13.3. The summed E-state index contributed by atoms with van der Waals surface area (Å²) in [6.45, 7) is 5.81. The second-order valence-corrected chi connectivity index (χ2v) is 9.49. The zero-order chi connectivity index (χ0) is 15.8. The van der Waals surface area contributed by atoms with Crippen molar-refractivity contribution in [2.75, 3.05) is 13.1 Å². The molecule has 0 aromatic rings. The minimum Gasteiger partial charge on any atom is -0.481 e. The number of carbonyl (C=O) groups is 2. The van der Waals surface area contributed by atoms with Crippen LogP contribution in [0.2, 0.25) is 0 Å². The fourth-order valence-electron chi connectivity index (χ4n) is 7.17. The van der Waals surface area contributed by atoms with Crippen molar-refractivity contribution in [3.63, 3.8) is 0 Å². The van der Waals surface area contributed by atoms with E-state index in [1.165, 1.54) is 19.3 Å². The predicted molar refractivity (Wildman–Crippen MR) is 82.2 cm³/mol. The van der Waals surface area contributed by atoms with Crippen LogP contribution in [-0.2, 0) is 9.59 Å². The van der Waals surface area contributed by atoms with Crippen molar-refractivity contribution in [3.05, 3.63) is 0 Å². The minimum atomic E-state index is -0.750. The molecule has 0 aromatic heterocycles. The monoisotopic (exact) mass is 305 g/mol. The van der Waals surface area contributed by atoms with E-state index in [1.807, 2.05) is 4.90 Å². The van der Waals surface area contributed by atoms with Crippen molar-refractivity contribution in [3.8, 4) is 0 Å². The number of carboxylic acid groups (broad SMARTS) is 1. The van der Waals surface area contributed by atoms with Gasteiger partial charge in [-0.05, 0) is 61.7 Å². The van der Waals surface area contributed by atoms with Crippen molar-refractivity contribution in [2.45, 2.75) is 58.8 Å². The van der Waals surface area contributed by atoms with Crippen molar-refractivity contribution in [2.24, 2.45) is 28.1 Å². The molecule has 4 saturated carbocycles. The lowest BCUT2D eigenvalue weighted by Crippen LogP contribution is -2.60. The first-order valence-corrected chi connectivity index (χ1v) is 8.75. The summed E-state index contributed by atoms with van der Waals surface area (Å²) in [5.74, 6) is -0.130. The summed E-state index contributed by atoms with van der Waals surface area (Å²) in [5.41, 5.74) is 0.474. The van der Waals surface area contributed by atoms with Gasteiger partial charge in [-0.1, -0.05) is 13.8 Å². The van der Waals surface area contributed by atoms with Crippen LogP contribution in [0.1, 0.15) is 58.8 Å². The second kappa shape index (κ2) is 4.27. The molecular weight excluding hydrogens is 278 g/mol. The number of aliphatic carboxylic acids is 1. The molecule has 3 atom stereocenters. The van der Waals surface area contributed by atoms with Crippen LogP contribution >= 0.6 is 0 Å². The highest BCUT2D eigenvalue weighted by Crippen LogP contribution is 2.69. The molecule has 1 N–H and O–H groups in total. The third kappa shape index (κ3) is 2.02. The lowest BCUT2D eigenvalue weighted by Gasteiger charge is -2.65. The van der Waals surface area contributed by atoms with Crippen molar-refractivity contribution in [1.82, 2.24) is 4.90 Å². The second-order valence-electron chi connectivity index (χ2n) is 9.49. The molecule has 4 nitrogen and oxygen atoms in total. The van der Waals surface area contributed by atoms with Gasteiger partial charge in [0.15, 0.2) is 0 Å². The maximum absolute atomic E-state index is 13.3. The SMILES string of the molecule is CC12CC3CC(C)(C1)CC(C(=O)N1CCC(C(=O)O)C1)(C3)C2. The van der Waals surface area contributed by atoms with E-state index in [0.717, 1.165) is 19.3 Å².